The van der Waals surface area contributed by atoms with Crippen molar-refractivity contribution in [2.24, 2.45) is 0 Å². The average Bonchev–Trinajstić information content (AvgIpc) is 2.50. The number of aromatic nitrogens is 1. The Labute approximate surface area is 133 Å². The molecule has 1 unspecified atom stereocenters. The van der Waals surface area contributed by atoms with Crippen molar-refractivity contribution in [3.8, 4) is 0 Å². The fourth-order valence-electron chi connectivity index (χ4n) is 2.54. The second-order valence-electron chi connectivity index (χ2n) is 5.76. The molecule has 1 aromatic heterocycles. The van der Waals surface area contributed by atoms with E-state index in [4.69, 9.17) is 4.74 Å². The zero-order valence-electron chi connectivity index (χ0n) is 13.3. The molecule has 0 saturated heterocycles. The summed E-state index contributed by atoms with van der Waals surface area (Å²) in [6.07, 6.45) is 6.08. The summed E-state index contributed by atoms with van der Waals surface area (Å²) in [4.78, 5) is 4.43. The molecule has 1 atom stereocenters. The molecule has 0 aliphatic rings. The van der Waals surface area contributed by atoms with Crippen LogP contribution in [-0.2, 0) is 20.0 Å². The Morgan fingerprint density at radius 1 is 1.18 bits per heavy atom. The number of benzene rings is 1. The maximum absolute atomic E-state index is 12.6. The van der Waals surface area contributed by atoms with Gasteiger partial charge in [0, 0.05) is 36.8 Å². The fraction of sp³-hybridized carbons (Fsp3) is 0.444. The van der Waals surface area contributed by atoms with E-state index in [9.17, 15) is 4.21 Å². The number of ether oxygens (including phenoxy) is 1. The first-order valence-corrected chi connectivity index (χ1v) is 9.82. The van der Waals surface area contributed by atoms with Gasteiger partial charge in [0.05, 0.1) is 5.52 Å². The highest BCUT2D eigenvalue weighted by Gasteiger charge is 2.07. The summed E-state index contributed by atoms with van der Waals surface area (Å²) < 4.78 is 17.6. The van der Waals surface area contributed by atoms with E-state index in [0.717, 1.165) is 48.8 Å². The molecule has 2 rings (SSSR count). The number of fused-ring (bicyclic) bond motifs is 1. The third-order valence-corrected chi connectivity index (χ3v) is 5.58. The van der Waals surface area contributed by atoms with Crippen molar-refractivity contribution in [3.05, 3.63) is 42.1 Å². The molecule has 3 nitrogen and oxygen atoms in total. The van der Waals surface area contributed by atoms with Crippen molar-refractivity contribution in [1.82, 2.24) is 4.98 Å². The van der Waals surface area contributed by atoms with Crippen LogP contribution in [0.1, 0.15) is 31.2 Å². The number of unbranched alkanes of at least 4 members (excludes halogenated alkanes) is 3. The smallest absolute Gasteiger partial charge is 0.0702 e. The molecule has 0 amide bonds. The van der Waals surface area contributed by atoms with Gasteiger partial charge in [-0.2, -0.15) is 0 Å². The third kappa shape index (κ3) is 5.43. The van der Waals surface area contributed by atoms with E-state index in [1.807, 2.05) is 30.5 Å². The van der Waals surface area contributed by atoms with Crippen molar-refractivity contribution in [1.29, 1.82) is 0 Å². The van der Waals surface area contributed by atoms with E-state index in [2.05, 4.69) is 16.9 Å². The van der Waals surface area contributed by atoms with Gasteiger partial charge in [0.2, 0.25) is 0 Å². The highest BCUT2D eigenvalue weighted by atomic mass is 32.2. The third-order valence-electron chi connectivity index (χ3n) is 3.69. The van der Waals surface area contributed by atoms with E-state index >= 15 is 0 Å². The maximum Gasteiger partial charge on any atom is 0.0702 e. The summed E-state index contributed by atoms with van der Waals surface area (Å²) in [5.74, 6) is 5.16. The SMILES string of the molecule is C=S(=O)(CCCCCCOC)Cc1cnc2ccccc2c1. The number of methoxy groups -OCH3 is 1. The lowest BCUT2D eigenvalue weighted by Gasteiger charge is -2.10. The molecule has 120 valence electrons. The summed E-state index contributed by atoms with van der Waals surface area (Å²) in [7, 11) is -0.345. The van der Waals surface area contributed by atoms with Crippen LogP contribution in [0.3, 0.4) is 0 Å². The van der Waals surface area contributed by atoms with Gasteiger partial charge in [-0.1, -0.05) is 31.0 Å². The standard InChI is InChI=1S/C18H25NO2S/c1-21-11-7-3-4-8-12-22(2,20)15-16-13-17-9-5-6-10-18(17)19-14-16/h5-6,9-10,13-14H,2-4,7-8,11-12,15H2,1H3. The molecule has 1 heterocycles. The lowest BCUT2D eigenvalue weighted by atomic mass is 10.2. The van der Waals surface area contributed by atoms with Crippen molar-refractivity contribution in [2.75, 3.05) is 19.5 Å². The number of nitrogens with zero attached hydrogens (tertiary/aromatic N) is 1. The van der Waals surface area contributed by atoms with Gasteiger partial charge in [0.25, 0.3) is 0 Å². The van der Waals surface area contributed by atoms with Gasteiger partial charge in [-0.25, -0.2) is 0 Å². The predicted octanol–water partition coefficient (Wildman–Crippen LogP) is 3.66. The van der Waals surface area contributed by atoms with Crippen molar-refractivity contribution in [2.45, 2.75) is 31.4 Å². The molecule has 22 heavy (non-hydrogen) atoms. The molecule has 0 bridgehead atoms. The monoisotopic (exact) mass is 319 g/mol. The summed E-state index contributed by atoms with van der Waals surface area (Å²) in [5, 5.41) is 1.09. The van der Waals surface area contributed by atoms with E-state index in [1.54, 1.807) is 7.11 Å². The van der Waals surface area contributed by atoms with Crippen LogP contribution in [0.15, 0.2) is 36.5 Å². The van der Waals surface area contributed by atoms with Gasteiger partial charge in [-0.15, -0.1) is 0 Å². The van der Waals surface area contributed by atoms with Crippen molar-refractivity contribution < 1.29 is 8.95 Å². The first kappa shape index (κ1) is 17.0. The van der Waals surface area contributed by atoms with Crippen LogP contribution in [0.4, 0.5) is 0 Å². The summed E-state index contributed by atoms with van der Waals surface area (Å²) in [6, 6.07) is 10.1. The topological polar surface area (TPSA) is 39.2 Å². The molecule has 0 aliphatic heterocycles. The average molecular weight is 319 g/mol. The second kappa shape index (κ2) is 8.30. The molecule has 1 aromatic carbocycles. The Morgan fingerprint density at radius 2 is 1.95 bits per heavy atom. The number of hydrogen-bond donors (Lipinski definition) is 0. The summed E-state index contributed by atoms with van der Waals surface area (Å²) in [5.41, 5.74) is 1.98. The largest absolute Gasteiger partial charge is 0.385 e. The minimum atomic E-state index is -2.07. The summed E-state index contributed by atoms with van der Waals surface area (Å²) in [6.45, 7) is 0.808. The first-order chi connectivity index (χ1) is 10.6. The number of hydrogen-bond acceptors (Lipinski definition) is 3. The Hall–Kier alpha value is -1.39. The summed E-state index contributed by atoms with van der Waals surface area (Å²) >= 11 is 0. The van der Waals surface area contributed by atoms with Crippen LogP contribution < -0.4 is 0 Å². The molecule has 0 spiro atoms. The second-order valence-corrected chi connectivity index (χ2v) is 8.39. The Kier molecular flexibility index (Phi) is 6.40. The van der Waals surface area contributed by atoms with Gasteiger partial charge in [0.1, 0.15) is 0 Å². The van der Waals surface area contributed by atoms with Crippen molar-refractivity contribution in [3.63, 3.8) is 0 Å². The van der Waals surface area contributed by atoms with Gasteiger partial charge in [-0.05, 0) is 45.9 Å². The molecule has 2 aromatic rings. The Balaban J connectivity index is 1.87. The van der Waals surface area contributed by atoms with Gasteiger partial charge in [0.15, 0.2) is 0 Å². The van der Waals surface area contributed by atoms with Crippen LogP contribution >= 0.6 is 0 Å². The highest BCUT2D eigenvalue weighted by molar-refractivity contribution is 7.99. The predicted molar refractivity (Wildman–Crippen MR) is 95.9 cm³/mol. The van der Waals surface area contributed by atoms with Gasteiger partial charge >= 0.3 is 0 Å². The highest BCUT2D eigenvalue weighted by Crippen LogP contribution is 2.15. The van der Waals surface area contributed by atoms with Crippen LogP contribution in [-0.4, -0.2) is 34.5 Å². The Morgan fingerprint density at radius 3 is 2.77 bits per heavy atom. The zero-order valence-corrected chi connectivity index (χ0v) is 14.1. The molecule has 0 radical (unpaired) electrons. The Bertz CT molecular complexity index is 695. The maximum atomic E-state index is 12.6. The number of rotatable bonds is 9. The lowest BCUT2D eigenvalue weighted by Crippen LogP contribution is -2.09. The molecule has 0 fully saturated rings. The van der Waals surface area contributed by atoms with E-state index < -0.39 is 9.52 Å². The first-order valence-electron chi connectivity index (χ1n) is 7.76. The molecular formula is C18H25NO2S. The van der Waals surface area contributed by atoms with Gasteiger partial charge in [-0.3, -0.25) is 9.19 Å². The van der Waals surface area contributed by atoms with E-state index in [0.29, 0.717) is 11.5 Å². The minimum absolute atomic E-state index is 0.517. The fourth-order valence-corrected chi connectivity index (χ4v) is 4.18. The van der Waals surface area contributed by atoms with E-state index in [1.165, 1.54) is 0 Å². The van der Waals surface area contributed by atoms with Crippen LogP contribution in [0.25, 0.3) is 10.9 Å². The minimum Gasteiger partial charge on any atom is -0.385 e. The molecule has 0 N–H and O–H groups in total. The van der Waals surface area contributed by atoms with E-state index in [-0.39, 0.29) is 0 Å². The van der Waals surface area contributed by atoms with Crippen LogP contribution in [0, 0.1) is 0 Å². The molecule has 4 heteroatoms. The van der Waals surface area contributed by atoms with Crippen LogP contribution in [0.2, 0.25) is 0 Å². The number of pyridine rings is 1. The van der Waals surface area contributed by atoms with Crippen LogP contribution in [0.5, 0.6) is 0 Å². The quantitative estimate of drug-likeness (QED) is 0.523. The number of para-hydroxylation sites is 1. The molecule has 0 saturated carbocycles. The zero-order chi connectivity index (χ0) is 15.8. The van der Waals surface area contributed by atoms with Crippen molar-refractivity contribution >= 4 is 26.3 Å². The normalized spacial score (nSPS) is 14.0. The van der Waals surface area contributed by atoms with Gasteiger partial charge < -0.3 is 4.74 Å². The molecular weight excluding hydrogens is 294 g/mol. The molecule has 0 aliphatic carbocycles. The lowest BCUT2D eigenvalue weighted by molar-refractivity contribution is 0.192.